The van der Waals surface area contributed by atoms with E-state index in [0.717, 1.165) is 23.5 Å². The Labute approximate surface area is 222 Å². The Balaban J connectivity index is 1.59. The van der Waals surface area contributed by atoms with E-state index in [9.17, 15) is 14.0 Å². The molecule has 192 valence electrons. The minimum absolute atomic E-state index is 0.163. The molecule has 1 aliphatic rings. The number of aromatic nitrogens is 3. The Morgan fingerprint density at radius 1 is 1.11 bits per heavy atom. The molecule has 5 rings (SSSR count). The minimum Gasteiger partial charge on any atom is -0.373 e. The summed E-state index contributed by atoms with van der Waals surface area (Å²) in [7, 11) is 0. The highest BCUT2D eigenvalue weighted by atomic mass is 35.5. The molecule has 0 fully saturated rings. The summed E-state index contributed by atoms with van der Waals surface area (Å²) in [5, 5.41) is 19.0. The first-order valence-corrected chi connectivity index (χ1v) is 12.0. The van der Waals surface area contributed by atoms with Crippen LogP contribution in [0.25, 0.3) is 10.9 Å². The fraction of sp³-hybridized carbons (Fsp3) is 0.154. The summed E-state index contributed by atoms with van der Waals surface area (Å²) in [6.45, 7) is 4.11. The Morgan fingerprint density at radius 3 is 2.63 bits per heavy atom. The Morgan fingerprint density at radius 2 is 1.95 bits per heavy atom. The predicted octanol–water partition coefficient (Wildman–Crippen LogP) is 5.30. The molecule has 3 aromatic heterocycles. The van der Waals surface area contributed by atoms with Crippen LogP contribution in [0.3, 0.4) is 0 Å². The lowest BCUT2D eigenvalue weighted by atomic mass is 10.0. The number of halogens is 3. The fourth-order valence-electron chi connectivity index (χ4n) is 4.02. The summed E-state index contributed by atoms with van der Waals surface area (Å²) in [6.07, 6.45) is 7.94. The summed E-state index contributed by atoms with van der Waals surface area (Å²) in [5.74, 6) is -2.33. The quantitative estimate of drug-likeness (QED) is 0.235. The number of nitrogens with one attached hydrogen (secondary N) is 4. The molecule has 0 aliphatic carbocycles. The molecule has 0 radical (unpaired) electrons. The molecular weight excluding hydrogens is 512 g/mol. The highest BCUT2D eigenvalue weighted by Crippen LogP contribution is 2.36. The van der Waals surface area contributed by atoms with Crippen molar-refractivity contribution < 1.29 is 8.78 Å². The first kappa shape index (κ1) is 25.1. The van der Waals surface area contributed by atoms with Crippen LogP contribution >= 0.6 is 11.6 Å². The molecule has 0 saturated heterocycles. The molecule has 38 heavy (non-hydrogen) atoms. The fourth-order valence-corrected chi connectivity index (χ4v) is 4.29. The topological polar surface area (TPSA) is 114 Å². The zero-order chi connectivity index (χ0) is 26.8. The van der Waals surface area contributed by atoms with E-state index in [0.29, 0.717) is 27.3 Å². The standard InChI is InChI=1S/C26H22ClF2N9/c1-14(2)38-13-22(36-37-38)24(15-4-3-5-31-10-15)34-17-6-19-23(35-18-8-21(28)26(29)33-12-18)16(9-30)11-32-25(19)20(27)7-17/h3-8,10-14,24,34,36-37H,1-2H3,(H,32,35)/t24-/m0/s1. The van der Waals surface area contributed by atoms with Gasteiger partial charge >= 0.3 is 0 Å². The summed E-state index contributed by atoms with van der Waals surface area (Å²) >= 11 is 6.63. The van der Waals surface area contributed by atoms with Crippen molar-refractivity contribution in [1.29, 1.82) is 5.26 Å². The van der Waals surface area contributed by atoms with Crippen molar-refractivity contribution in [3.8, 4) is 6.07 Å². The van der Waals surface area contributed by atoms with Crippen LogP contribution in [0.15, 0.2) is 67.0 Å². The van der Waals surface area contributed by atoms with Crippen LogP contribution in [0.4, 0.5) is 25.8 Å². The van der Waals surface area contributed by atoms with Crippen molar-refractivity contribution in [2.45, 2.75) is 25.9 Å². The molecule has 0 bridgehead atoms. The normalized spacial score (nSPS) is 13.7. The number of nitriles is 1. The highest BCUT2D eigenvalue weighted by Gasteiger charge is 2.24. The van der Waals surface area contributed by atoms with Crippen LogP contribution in [-0.4, -0.2) is 26.0 Å². The maximum Gasteiger partial charge on any atom is 0.249 e. The molecule has 0 amide bonds. The van der Waals surface area contributed by atoms with Crippen molar-refractivity contribution in [3.05, 3.63) is 94.9 Å². The van der Waals surface area contributed by atoms with Gasteiger partial charge in [-0.15, -0.1) is 5.53 Å². The third-order valence-electron chi connectivity index (χ3n) is 5.91. The minimum atomic E-state index is -1.22. The van der Waals surface area contributed by atoms with Crippen LogP contribution in [0.1, 0.15) is 31.0 Å². The van der Waals surface area contributed by atoms with E-state index in [2.05, 4.69) is 56.5 Å². The molecule has 4 heterocycles. The lowest BCUT2D eigenvalue weighted by Crippen LogP contribution is -2.41. The smallest absolute Gasteiger partial charge is 0.249 e. The van der Waals surface area contributed by atoms with Crippen molar-refractivity contribution in [2.24, 2.45) is 0 Å². The molecule has 0 saturated carbocycles. The Bertz CT molecular complexity index is 1570. The number of nitrogens with zero attached hydrogens (tertiary/aromatic N) is 5. The van der Waals surface area contributed by atoms with Gasteiger partial charge in [0.05, 0.1) is 45.4 Å². The van der Waals surface area contributed by atoms with Crippen LogP contribution in [0.2, 0.25) is 5.02 Å². The molecule has 0 spiro atoms. The third kappa shape index (κ3) is 5.00. The largest absolute Gasteiger partial charge is 0.373 e. The first-order chi connectivity index (χ1) is 18.3. The van der Waals surface area contributed by atoms with E-state index in [1.807, 2.05) is 23.3 Å². The van der Waals surface area contributed by atoms with Crippen molar-refractivity contribution in [1.82, 2.24) is 30.9 Å². The first-order valence-electron chi connectivity index (χ1n) is 11.6. The maximum atomic E-state index is 13.8. The van der Waals surface area contributed by atoms with Gasteiger partial charge in [-0.2, -0.15) is 9.65 Å². The zero-order valence-electron chi connectivity index (χ0n) is 20.3. The maximum absolute atomic E-state index is 13.8. The lowest BCUT2D eigenvalue weighted by molar-refractivity contribution is 0.221. The molecular formula is C26H22ClF2N9. The number of pyridine rings is 3. The van der Waals surface area contributed by atoms with Gasteiger partial charge in [0.15, 0.2) is 5.82 Å². The van der Waals surface area contributed by atoms with Crippen LogP contribution in [0, 0.1) is 23.1 Å². The van der Waals surface area contributed by atoms with Gasteiger partial charge in [0.25, 0.3) is 0 Å². The number of hydrazine groups is 2. The SMILES string of the molecule is CC(C)N1C=C([C@@H](Nc2cc(Cl)c3ncc(C#N)c(Nc4cnc(F)c(F)c4)c3c2)c2cccnc2)NN1. The second-order valence-corrected chi connectivity index (χ2v) is 9.23. The predicted molar refractivity (Wildman–Crippen MR) is 141 cm³/mol. The van der Waals surface area contributed by atoms with Crippen molar-refractivity contribution in [3.63, 3.8) is 0 Å². The van der Waals surface area contributed by atoms with Gasteiger partial charge in [-0.25, -0.2) is 9.37 Å². The van der Waals surface area contributed by atoms with E-state index < -0.39 is 11.8 Å². The average molecular weight is 534 g/mol. The van der Waals surface area contributed by atoms with Crippen LogP contribution in [0.5, 0.6) is 0 Å². The van der Waals surface area contributed by atoms with E-state index in [4.69, 9.17) is 11.6 Å². The molecule has 4 N–H and O–H groups in total. The van der Waals surface area contributed by atoms with Crippen LogP contribution in [-0.2, 0) is 0 Å². The highest BCUT2D eigenvalue weighted by molar-refractivity contribution is 6.36. The molecule has 1 aromatic carbocycles. The summed E-state index contributed by atoms with van der Waals surface area (Å²) in [6, 6.07) is 10.2. The monoisotopic (exact) mass is 533 g/mol. The Kier molecular flexibility index (Phi) is 6.91. The van der Waals surface area contributed by atoms with E-state index in [1.54, 1.807) is 24.5 Å². The van der Waals surface area contributed by atoms with Crippen molar-refractivity contribution >= 4 is 39.6 Å². The van der Waals surface area contributed by atoms with E-state index >= 15 is 0 Å². The molecule has 1 atom stereocenters. The summed E-state index contributed by atoms with van der Waals surface area (Å²) < 4.78 is 27.2. The van der Waals surface area contributed by atoms with Gasteiger partial charge in [0.1, 0.15) is 6.07 Å². The molecule has 9 nitrogen and oxygen atoms in total. The van der Waals surface area contributed by atoms with Crippen LogP contribution < -0.4 is 21.6 Å². The van der Waals surface area contributed by atoms with Gasteiger partial charge in [0, 0.05) is 48.0 Å². The van der Waals surface area contributed by atoms with E-state index in [-0.39, 0.29) is 23.3 Å². The molecule has 4 aromatic rings. The number of hydrogen-bond acceptors (Lipinski definition) is 9. The van der Waals surface area contributed by atoms with Gasteiger partial charge < -0.3 is 16.1 Å². The number of fused-ring (bicyclic) bond motifs is 1. The zero-order valence-corrected chi connectivity index (χ0v) is 21.1. The summed E-state index contributed by atoms with van der Waals surface area (Å²) in [5.41, 5.74) is 9.82. The van der Waals surface area contributed by atoms with Gasteiger partial charge in [0.2, 0.25) is 5.95 Å². The molecule has 12 heteroatoms. The number of hydrogen-bond donors (Lipinski definition) is 4. The molecule has 1 aliphatic heterocycles. The van der Waals surface area contributed by atoms with Crippen molar-refractivity contribution in [2.75, 3.05) is 10.6 Å². The third-order valence-corrected chi connectivity index (χ3v) is 6.20. The lowest BCUT2D eigenvalue weighted by Gasteiger charge is -2.22. The summed E-state index contributed by atoms with van der Waals surface area (Å²) in [4.78, 5) is 12.0. The molecule has 0 unspecified atom stereocenters. The Hall–Kier alpha value is -4.53. The number of benzene rings is 1. The van der Waals surface area contributed by atoms with E-state index in [1.165, 1.54) is 6.20 Å². The average Bonchev–Trinajstić information content (AvgIpc) is 3.41. The number of anilines is 3. The van der Waals surface area contributed by atoms with Gasteiger partial charge in [-0.3, -0.25) is 15.0 Å². The van der Waals surface area contributed by atoms with Gasteiger partial charge in [-0.05, 0) is 37.6 Å². The second kappa shape index (κ2) is 10.5. The number of rotatable bonds is 7. The van der Waals surface area contributed by atoms with Gasteiger partial charge in [-0.1, -0.05) is 17.7 Å². The second-order valence-electron chi connectivity index (χ2n) is 8.82.